The Labute approximate surface area is 125 Å². The minimum atomic E-state index is 0.342. The van der Waals surface area contributed by atoms with Crippen LogP contribution in [0.25, 0.3) is 0 Å². The molecule has 0 unspecified atom stereocenters. The molecule has 1 N–H and O–H groups in total. The molecular formula is C16H23N3O2. The highest BCUT2D eigenvalue weighted by molar-refractivity contribution is 5.27. The zero-order valence-corrected chi connectivity index (χ0v) is 12.9. The van der Waals surface area contributed by atoms with Crippen LogP contribution in [0, 0.1) is 0 Å². The predicted molar refractivity (Wildman–Crippen MR) is 82.8 cm³/mol. The highest BCUT2D eigenvalue weighted by Gasteiger charge is 2.02. The van der Waals surface area contributed by atoms with E-state index in [2.05, 4.69) is 36.4 Å². The summed E-state index contributed by atoms with van der Waals surface area (Å²) in [6.07, 6.45) is 3.63. The molecule has 2 rings (SSSR count). The van der Waals surface area contributed by atoms with Gasteiger partial charge in [-0.05, 0) is 38.6 Å². The van der Waals surface area contributed by atoms with Crippen molar-refractivity contribution in [3.63, 3.8) is 0 Å². The number of nitrogens with zero attached hydrogens (tertiary/aromatic N) is 2. The average Bonchev–Trinajstić information content (AvgIpc) is 2.95. The Hall–Kier alpha value is -2.01. The van der Waals surface area contributed by atoms with Crippen molar-refractivity contribution in [1.29, 1.82) is 0 Å². The van der Waals surface area contributed by atoms with E-state index in [1.807, 2.05) is 30.1 Å². The molecule has 0 saturated carbocycles. The summed E-state index contributed by atoms with van der Waals surface area (Å²) in [5.74, 6) is 1.63. The van der Waals surface area contributed by atoms with Gasteiger partial charge in [0, 0.05) is 12.6 Å². The molecule has 0 saturated heterocycles. The van der Waals surface area contributed by atoms with E-state index >= 15 is 0 Å². The molecule has 0 radical (unpaired) electrons. The quantitative estimate of drug-likeness (QED) is 0.759. The summed E-state index contributed by atoms with van der Waals surface area (Å²) in [6.45, 7) is 6.04. The molecule has 114 valence electrons. The Morgan fingerprint density at radius 2 is 1.76 bits per heavy atom. The van der Waals surface area contributed by atoms with E-state index in [1.165, 1.54) is 5.56 Å². The van der Waals surface area contributed by atoms with Crippen LogP contribution in [0.4, 0.5) is 0 Å². The topological polar surface area (TPSA) is 48.3 Å². The van der Waals surface area contributed by atoms with Gasteiger partial charge in [0.2, 0.25) is 0 Å². The Kier molecular flexibility index (Phi) is 5.63. The standard InChI is InChI=1S/C16H23N3O2/c1-13(2)19-12-16(11-18-19)21-9-8-20-15-6-4-14(5-7-15)10-17-3/h4-7,11-13,17H,8-10H2,1-3H3. The lowest BCUT2D eigenvalue weighted by molar-refractivity contribution is 0.217. The highest BCUT2D eigenvalue weighted by atomic mass is 16.5. The zero-order valence-electron chi connectivity index (χ0n) is 12.9. The maximum Gasteiger partial charge on any atom is 0.157 e. The van der Waals surface area contributed by atoms with Crippen molar-refractivity contribution >= 4 is 0 Å². The first-order valence-corrected chi connectivity index (χ1v) is 7.22. The van der Waals surface area contributed by atoms with Gasteiger partial charge in [-0.3, -0.25) is 4.68 Å². The first-order chi connectivity index (χ1) is 10.2. The van der Waals surface area contributed by atoms with Crippen LogP contribution >= 0.6 is 0 Å². The molecule has 0 aliphatic rings. The number of nitrogens with one attached hydrogen (secondary N) is 1. The smallest absolute Gasteiger partial charge is 0.157 e. The molecule has 0 bridgehead atoms. The van der Waals surface area contributed by atoms with E-state index in [1.54, 1.807) is 6.20 Å². The van der Waals surface area contributed by atoms with Crippen LogP contribution in [0.2, 0.25) is 0 Å². The van der Waals surface area contributed by atoms with Gasteiger partial charge in [0.15, 0.2) is 5.75 Å². The summed E-state index contributed by atoms with van der Waals surface area (Å²) in [6, 6.07) is 8.40. The van der Waals surface area contributed by atoms with Crippen molar-refractivity contribution in [2.45, 2.75) is 26.4 Å². The zero-order chi connectivity index (χ0) is 15.1. The Bertz CT molecular complexity index is 535. The van der Waals surface area contributed by atoms with Gasteiger partial charge in [-0.1, -0.05) is 12.1 Å². The minimum absolute atomic E-state index is 0.342. The van der Waals surface area contributed by atoms with Crippen LogP contribution in [0.1, 0.15) is 25.5 Å². The predicted octanol–water partition coefficient (Wildman–Crippen LogP) is 2.64. The highest BCUT2D eigenvalue weighted by Crippen LogP contribution is 2.14. The summed E-state index contributed by atoms with van der Waals surface area (Å²) < 4.78 is 13.1. The summed E-state index contributed by atoms with van der Waals surface area (Å²) in [4.78, 5) is 0. The minimum Gasteiger partial charge on any atom is -0.490 e. The molecule has 0 aliphatic carbocycles. The largest absolute Gasteiger partial charge is 0.490 e. The fourth-order valence-electron chi connectivity index (χ4n) is 1.90. The van der Waals surface area contributed by atoms with Gasteiger partial charge in [0.25, 0.3) is 0 Å². The van der Waals surface area contributed by atoms with Crippen molar-refractivity contribution in [3.8, 4) is 11.5 Å². The van der Waals surface area contributed by atoms with Crippen LogP contribution in [-0.2, 0) is 6.54 Å². The number of aromatic nitrogens is 2. The molecule has 21 heavy (non-hydrogen) atoms. The Morgan fingerprint density at radius 3 is 2.33 bits per heavy atom. The summed E-state index contributed by atoms with van der Waals surface area (Å²) in [5, 5.41) is 7.34. The molecule has 2 aromatic rings. The summed E-state index contributed by atoms with van der Waals surface area (Å²) in [5.41, 5.74) is 1.24. The third-order valence-corrected chi connectivity index (χ3v) is 3.03. The second-order valence-electron chi connectivity index (χ2n) is 5.12. The fraction of sp³-hybridized carbons (Fsp3) is 0.438. The molecule has 0 amide bonds. The average molecular weight is 289 g/mol. The van der Waals surface area contributed by atoms with Crippen molar-refractivity contribution in [1.82, 2.24) is 15.1 Å². The Morgan fingerprint density at radius 1 is 1.10 bits per heavy atom. The maximum atomic E-state index is 5.64. The molecule has 1 aromatic carbocycles. The summed E-state index contributed by atoms with van der Waals surface area (Å²) >= 11 is 0. The monoisotopic (exact) mass is 289 g/mol. The third kappa shape index (κ3) is 4.79. The lowest BCUT2D eigenvalue weighted by Crippen LogP contribution is -2.09. The van der Waals surface area contributed by atoms with Crippen LogP contribution in [0.15, 0.2) is 36.7 Å². The van der Waals surface area contributed by atoms with Crippen LogP contribution in [-0.4, -0.2) is 30.0 Å². The van der Waals surface area contributed by atoms with E-state index in [-0.39, 0.29) is 0 Å². The van der Waals surface area contributed by atoms with Crippen molar-refractivity contribution in [3.05, 3.63) is 42.2 Å². The van der Waals surface area contributed by atoms with Crippen molar-refractivity contribution in [2.75, 3.05) is 20.3 Å². The lowest BCUT2D eigenvalue weighted by Gasteiger charge is -2.08. The SMILES string of the molecule is CNCc1ccc(OCCOc2cnn(C(C)C)c2)cc1. The molecule has 0 fully saturated rings. The summed E-state index contributed by atoms with van der Waals surface area (Å²) in [7, 11) is 1.93. The van der Waals surface area contributed by atoms with Gasteiger partial charge in [-0.2, -0.15) is 5.10 Å². The molecule has 0 atom stereocenters. The first-order valence-electron chi connectivity index (χ1n) is 7.22. The van der Waals surface area contributed by atoms with E-state index in [0.29, 0.717) is 19.3 Å². The number of rotatable bonds is 8. The molecule has 5 nitrogen and oxygen atoms in total. The van der Waals surface area contributed by atoms with Gasteiger partial charge in [0.05, 0.1) is 12.4 Å². The second-order valence-corrected chi connectivity index (χ2v) is 5.12. The van der Waals surface area contributed by atoms with Gasteiger partial charge in [-0.25, -0.2) is 0 Å². The van der Waals surface area contributed by atoms with E-state index in [0.717, 1.165) is 18.0 Å². The van der Waals surface area contributed by atoms with Crippen LogP contribution < -0.4 is 14.8 Å². The van der Waals surface area contributed by atoms with Gasteiger partial charge in [0.1, 0.15) is 19.0 Å². The van der Waals surface area contributed by atoms with Crippen LogP contribution in [0.3, 0.4) is 0 Å². The van der Waals surface area contributed by atoms with Gasteiger partial charge < -0.3 is 14.8 Å². The van der Waals surface area contributed by atoms with Gasteiger partial charge >= 0.3 is 0 Å². The number of hydrogen-bond acceptors (Lipinski definition) is 4. The molecule has 0 spiro atoms. The van der Waals surface area contributed by atoms with E-state index in [4.69, 9.17) is 9.47 Å². The third-order valence-electron chi connectivity index (χ3n) is 3.03. The lowest BCUT2D eigenvalue weighted by atomic mass is 10.2. The Balaban J connectivity index is 1.71. The maximum absolute atomic E-state index is 5.64. The first kappa shape index (κ1) is 15.4. The molecule has 0 aliphatic heterocycles. The molecule has 5 heteroatoms. The van der Waals surface area contributed by atoms with Crippen LogP contribution in [0.5, 0.6) is 11.5 Å². The number of benzene rings is 1. The normalized spacial score (nSPS) is 10.9. The fourth-order valence-corrected chi connectivity index (χ4v) is 1.90. The molecular weight excluding hydrogens is 266 g/mol. The molecule has 1 aromatic heterocycles. The number of ether oxygens (including phenoxy) is 2. The van der Waals surface area contributed by atoms with Crippen molar-refractivity contribution in [2.24, 2.45) is 0 Å². The van der Waals surface area contributed by atoms with E-state index < -0.39 is 0 Å². The van der Waals surface area contributed by atoms with E-state index in [9.17, 15) is 0 Å². The van der Waals surface area contributed by atoms with Gasteiger partial charge in [-0.15, -0.1) is 0 Å². The molecule has 1 heterocycles. The van der Waals surface area contributed by atoms with Crippen molar-refractivity contribution < 1.29 is 9.47 Å². The second kappa shape index (κ2) is 7.69. The number of hydrogen-bond donors (Lipinski definition) is 1.